The smallest absolute Gasteiger partial charge is 0.387 e. The number of carbonyl (C=O) groups is 1. The Morgan fingerprint density at radius 3 is 2.36 bits per heavy atom. The number of hydrogen-bond acceptors (Lipinski definition) is 4. The Balaban J connectivity index is 1.91. The normalized spacial score (nSPS) is 10.9. The van der Waals surface area contributed by atoms with Crippen molar-refractivity contribution in [3.63, 3.8) is 0 Å². The van der Waals surface area contributed by atoms with Gasteiger partial charge in [0, 0.05) is 11.3 Å². The third-order valence-corrected chi connectivity index (χ3v) is 2.66. The summed E-state index contributed by atoms with van der Waals surface area (Å²) in [6.07, 6.45) is 1.39. The lowest BCUT2D eigenvalue weighted by atomic mass is 10.2. The maximum Gasteiger partial charge on any atom is 0.387 e. The van der Waals surface area contributed by atoms with Crippen LogP contribution in [0.1, 0.15) is 15.9 Å². The first-order valence-corrected chi connectivity index (χ1v) is 6.28. The zero-order chi connectivity index (χ0) is 15.9. The maximum atomic E-state index is 12.0. The van der Waals surface area contributed by atoms with E-state index in [1.165, 1.54) is 30.5 Å². The number of alkyl halides is 2. The second kappa shape index (κ2) is 7.16. The van der Waals surface area contributed by atoms with E-state index in [2.05, 4.69) is 15.3 Å². The molecule has 0 aliphatic carbocycles. The summed E-state index contributed by atoms with van der Waals surface area (Å²) >= 11 is 0. The number of hydrazone groups is 1. The van der Waals surface area contributed by atoms with Gasteiger partial charge in [0.1, 0.15) is 5.75 Å². The molecule has 1 amide bonds. The highest BCUT2D eigenvalue weighted by atomic mass is 19.3. The van der Waals surface area contributed by atoms with Crippen molar-refractivity contribution in [2.24, 2.45) is 5.10 Å². The molecule has 2 aromatic carbocycles. The fraction of sp³-hybridized carbons (Fsp3) is 0.0667. The minimum atomic E-state index is -2.86. The van der Waals surface area contributed by atoms with E-state index in [9.17, 15) is 13.6 Å². The number of nitrogens with zero attached hydrogens (tertiary/aromatic N) is 1. The number of nitrogen functional groups attached to an aromatic ring is 1. The van der Waals surface area contributed by atoms with E-state index in [4.69, 9.17) is 5.73 Å². The van der Waals surface area contributed by atoms with Gasteiger partial charge in [0.25, 0.3) is 5.91 Å². The van der Waals surface area contributed by atoms with Crippen molar-refractivity contribution >= 4 is 17.8 Å². The van der Waals surface area contributed by atoms with Gasteiger partial charge in [0.2, 0.25) is 0 Å². The fourth-order valence-electron chi connectivity index (χ4n) is 1.60. The number of nitrogens with one attached hydrogen (secondary N) is 1. The van der Waals surface area contributed by atoms with Crippen LogP contribution >= 0.6 is 0 Å². The van der Waals surface area contributed by atoms with Crippen LogP contribution in [0, 0.1) is 0 Å². The quantitative estimate of drug-likeness (QED) is 0.506. The first kappa shape index (κ1) is 15.4. The van der Waals surface area contributed by atoms with Crippen LogP contribution in [-0.2, 0) is 0 Å². The Bertz CT molecular complexity index is 655. The first-order chi connectivity index (χ1) is 10.5. The lowest BCUT2D eigenvalue weighted by molar-refractivity contribution is -0.0498. The Morgan fingerprint density at radius 2 is 1.77 bits per heavy atom. The summed E-state index contributed by atoms with van der Waals surface area (Å²) in [5.74, 6) is -0.327. The molecule has 0 aromatic heterocycles. The van der Waals surface area contributed by atoms with E-state index in [1.54, 1.807) is 24.3 Å². The number of amides is 1. The number of hydrogen-bond donors (Lipinski definition) is 2. The Kier molecular flexibility index (Phi) is 5.02. The van der Waals surface area contributed by atoms with Crippen LogP contribution in [0.2, 0.25) is 0 Å². The van der Waals surface area contributed by atoms with Gasteiger partial charge in [-0.05, 0) is 54.1 Å². The molecule has 2 rings (SSSR count). The fourth-order valence-corrected chi connectivity index (χ4v) is 1.60. The second-order valence-corrected chi connectivity index (χ2v) is 4.27. The van der Waals surface area contributed by atoms with Crippen LogP contribution in [0.15, 0.2) is 53.6 Å². The summed E-state index contributed by atoms with van der Waals surface area (Å²) in [6.45, 7) is -2.86. The highest BCUT2D eigenvalue weighted by Crippen LogP contribution is 2.13. The largest absolute Gasteiger partial charge is 0.435 e. The lowest BCUT2D eigenvalue weighted by Gasteiger charge is -2.03. The zero-order valence-corrected chi connectivity index (χ0v) is 11.4. The van der Waals surface area contributed by atoms with Crippen molar-refractivity contribution in [1.29, 1.82) is 0 Å². The van der Waals surface area contributed by atoms with Crippen LogP contribution in [0.4, 0.5) is 14.5 Å². The summed E-state index contributed by atoms with van der Waals surface area (Å²) in [5.41, 5.74) is 9.49. The molecular weight excluding hydrogens is 292 g/mol. The summed E-state index contributed by atoms with van der Waals surface area (Å²) in [5, 5.41) is 3.79. The molecule has 0 saturated carbocycles. The van der Waals surface area contributed by atoms with Gasteiger partial charge >= 0.3 is 6.61 Å². The monoisotopic (exact) mass is 305 g/mol. The summed E-state index contributed by atoms with van der Waals surface area (Å²) in [7, 11) is 0. The van der Waals surface area contributed by atoms with Gasteiger partial charge in [-0.15, -0.1) is 0 Å². The molecule has 0 unspecified atom stereocenters. The van der Waals surface area contributed by atoms with Gasteiger partial charge < -0.3 is 10.5 Å². The van der Waals surface area contributed by atoms with E-state index in [0.29, 0.717) is 16.8 Å². The highest BCUT2D eigenvalue weighted by Gasteiger charge is 2.04. The van der Waals surface area contributed by atoms with E-state index in [0.717, 1.165) is 0 Å². The maximum absolute atomic E-state index is 12.0. The summed E-state index contributed by atoms with van der Waals surface area (Å²) < 4.78 is 28.2. The third-order valence-electron chi connectivity index (χ3n) is 2.66. The second-order valence-electron chi connectivity index (χ2n) is 4.27. The molecule has 0 fully saturated rings. The molecule has 0 radical (unpaired) electrons. The number of rotatable bonds is 5. The molecular formula is C15H13F2N3O2. The Hall–Kier alpha value is -2.96. The summed E-state index contributed by atoms with van der Waals surface area (Å²) in [6, 6.07) is 12.2. The highest BCUT2D eigenvalue weighted by molar-refractivity contribution is 5.95. The molecule has 3 N–H and O–H groups in total. The number of anilines is 1. The average molecular weight is 305 g/mol. The molecule has 5 nitrogen and oxygen atoms in total. The molecule has 22 heavy (non-hydrogen) atoms. The number of nitrogens with two attached hydrogens (primary N) is 1. The van der Waals surface area contributed by atoms with E-state index < -0.39 is 6.61 Å². The van der Waals surface area contributed by atoms with Crippen molar-refractivity contribution in [1.82, 2.24) is 5.43 Å². The van der Waals surface area contributed by atoms with Crippen LogP contribution in [0.25, 0.3) is 0 Å². The molecule has 7 heteroatoms. The van der Waals surface area contributed by atoms with Gasteiger partial charge in [-0.3, -0.25) is 4.79 Å². The predicted molar refractivity (Wildman–Crippen MR) is 79.0 cm³/mol. The molecule has 0 aliphatic rings. The van der Waals surface area contributed by atoms with E-state index in [1.807, 2.05) is 0 Å². The van der Waals surface area contributed by atoms with Crippen LogP contribution in [0.3, 0.4) is 0 Å². The standard InChI is InChI=1S/C15H13F2N3O2/c16-15(17)22-13-7-1-10(2-8-13)9-19-20-14(21)11-3-5-12(18)6-4-11/h1-9,15H,18H2,(H,20,21)/b19-9+. The zero-order valence-electron chi connectivity index (χ0n) is 11.4. The van der Waals surface area contributed by atoms with Gasteiger partial charge in [-0.2, -0.15) is 13.9 Å². The van der Waals surface area contributed by atoms with Crippen LogP contribution < -0.4 is 15.9 Å². The SMILES string of the molecule is Nc1ccc(C(=O)N/N=C/c2ccc(OC(F)F)cc2)cc1. The number of ether oxygens (including phenoxy) is 1. The number of halogens is 2. The van der Waals surface area contributed by atoms with Gasteiger partial charge in [0.15, 0.2) is 0 Å². The molecule has 0 aliphatic heterocycles. The Labute approximate surface area is 125 Å². The van der Waals surface area contributed by atoms with E-state index in [-0.39, 0.29) is 11.7 Å². The lowest BCUT2D eigenvalue weighted by Crippen LogP contribution is -2.17. The van der Waals surface area contributed by atoms with E-state index >= 15 is 0 Å². The molecule has 114 valence electrons. The van der Waals surface area contributed by atoms with Crippen LogP contribution in [0.5, 0.6) is 5.75 Å². The number of carbonyl (C=O) groups excluding carboxylic acids is 1. The molecule has 0 heterocycles. The van der Waals surface area contributed by atoms with Crippen molar-refractivity contribution in [2.75, 3.05) is 5.73 Å². The molecule has 2 aromatic rings. The minimum Gasteiger partial charge on any atom is -0.435 e. The topological polar surface area (TPSA) is 76.7 Å². The molecule has 0 atom stereocenters. The average Bonchev–Trinajstić information content (AvgIpc) is 2.49. The van der Waals surface area contributed by atoms with Gasteiger partial charge in [-0.1, -0.05) is 0 Å². The molecule has 0 spiro atoms. The third kappa shape index (κ3) is 4.55. The van der Waals surface area contributed by atoms with Gasteiger partial charge in [-0.25, -0.2) is 5.43 Å². The van der Waals surface area contributed by atoms with Crippen molar-refractivity contribution in [3.05, 3.63) is 59.7 Å². The number of benzene rings is 2. The van der Waals surface area contributed by atoms with Crippen LogP contribution in [-0.4, -0.2) is 18.7 Å². The van der Waals surface area contributed by atoms with Crippen molar-refractivity contribution < 1.29 is 18.3 Å². The van der Waals surface area contributed by atoms with Crippen molar-refractivity contribution in [2.45, 2.75) is 6.61 Å². The minimum absolute atomic E-state index is 0.0538. The van der Waals surface area contributed by atoms with Crippen molar-refractivity contribution in [3.8, 4) is 5.75 Å². The molecule has 0 bridgehead atoms. The van der Waals surface area contributed by atoms with Gasteiger partial charge in [0.05, 0.1) is 6.21 Å². The molecule has 0 saturated heterocycles. The summed E-state index contributed by atoms with van der Waals surface area (Å²) in [4.78, 5) is 11.8. The predicted octanol–water partition coefficient (Wildman–Crippen LogP) is 2.63. The Morgan fingerprint density at radius 1 is 1.14 bits per heavy atom. The first-order valence-electron chi connectivity index (χ1n) is 6.28.